The summed E-state index contributed by atoms with van der Waals surface area (Å²) in [6.07, 6.45) is 0. The Morgan fingerprint density at radius 3 is 1.11 bits per heavy atom. The molecule has 0 radical (unpaired) electrons. The van der Waals surface area contributed by atoms with Crippen molar-refractivity contribution in [1.29, 1.82) is 0 Å². The van der Waals surface area contributed by atoms with Gasteiger partial charge in [-0.3, -0.25) is 10.4 Å². The van der Waals surface area contributed by atoms with Gasteiger partial charge < -0.3 is 0 Å². The lowest BCUT2D eigenvalue weighted by molar-refractivity contribution is 0.159. The number of benzene rings is 2. The van der Waals surface area contributed by atoms with Crippen LogP contribution >= 0.6 is 0 Å². The monoisotopic (exact) mass is 244 g/mol. The molecule has 0 aliphatic carbocycles. The van der Waals surface area contributed by atoms with Gasteiger partial charge in [-0.2, -0.15) is 0 Å². The molecule has 2 aromatic rings. The number of hydrazine groups is 2. The fraction of sp³-hybridized carbons (Fsp3) is 0. The fourth-order valence-electron chi connectivity index (χ4n) is 2.16. The molecule has 92 valence electrons. The van der Waals surface area contributed by atoms with Gasteiger partial charge in [-0.05, 0) is 24.3 Å². The van der Waals surface area contributed by atoms with Gasteiger partial charge in [0.15, 0.2) is 0 Å². The molecule has 0 fully saturated rings. The molecule has 2 aromatic carbocycles. The molecule has 0 amide bonds. The van der Waals surface area contributed by atoms with Crippen LogP contribution in [-0.2, 0) is 0 Å². The summed E-state index contributed by atoms with van der Waals surface area (Å²) in [5.41, 5.74) is 7.21. The van der Waals surface area contributed by atoms with E-state index >= 15 is 0 Å². The third-order valence-electron chi connectivity index (χ3n) is 2.93. The van der Waals surface area contributed by atoms with Crippen LogP contribution in [0.2, 0.25) is 0 Å². The summed E-state index contributed by atoms with van der Waals surface area (Å²) < 4.78 is 0. The summed E-state index contributed by atoms with van der Waals surface area (Å²) in [5.74, 6) is 0. The maximum atomic E-state index is 9.32. The molecular formula is C12H12N4O2. The molecule has 0 bridgehead atoms. The van der Waals surface area contributed by atoms with Crippen LogP contribution in [0.3, 0.4) is 0 Å². The van der Waals surface area contributed by atoms with Crippen LogP contribution in [0.25, 0.3) is 0 Å². The van der Waals surface area contributed by atoms with E-state index in [0.29, 0.717) is 0 Å². The van der Waals surface area contributed by atoms with Crippen LogP contribution in [0.5, 0.6) is 0 Å². The predicted octanol–water partition coefficient (Wildman–Crippen LogP) is 2.06. The Morgan fingerprint density at radius 2 is 0.889 bits per heavy atom. The lowest BCUT2D eigenvalue weighted by Crippen LogP contribution is -2.41. The molecule has 0 unspecified atom stereocenters. The minimum atomic E-state index is 0.722. The number of nitrogens with one attached hydrogen (secondary N) is 2. The smallest absolute Gasteiger partial charge is 0.0853 e. The van der Waals surface area contributed by atoms with E-state index in [1.165, 1.54) is 0 Å². The molecule has 18 heavy (non-hydrogen) atoms. The molecule has 0 atom stereocenters. The summed E-state index contributed by atoms with van der Waals surface area (Å²) >= 11 is 0. The highest BCUT2D eigenvalue weighted by atomic mass is 16.5. The maximum Gasteiger partial charge on any atom is 0.0853 e. The second-order valence-electron chi connectivity index (χ2n) is 3.85. The van der Waals surface area contributed by atoms with Crippen molar-refractivity contribution in [3.63, 3.8) is 0 Å². The predicted molar refractivity (Wildman–Crippen MR) is 67.0 cm³/mol. The summed E-state index contributed by atoms with van der Waals surface area (Å²) in [6, 6.07) is 14.7. The fourth-order valence-corrected chi connectivity index (χ4v) is 2.16. The molecule has 4 N–H and O–H groups in total. The highest BCUT2D eigenvalue weighted by molar-refractivity contribution is 5.91. The van der Waals surface area contributed by atoms with E-state index in [-0.39, 0.29) is 0 Å². The Morgan fingerprint density at radius 1 is 0.611 bits per heavy atom. The molecule has 1 heterocycles. The Hall–Kier alpha value is -2.12. The Balaban J connectivity index is 2.25. The van der Waals surface area contributed by atoms with Crippen molar-refractivity contribution in [3.8, 4) is 0 Å². The first-order valence-corrected chi connectivity index (χ1v) is 5.44. The standard InChI is InChI=1S/C12H12N4O2/c17-13-15-9-5-1-2-6-10(9)16(14-18)12-8-4-3-7-11(12)15/h1-8,13-14,17-18H. The van der Waals surface area contributed by atoms with Gasteiger partial charge >= 0.3 is 0 Å². The summed E-state index contributed by atoms with van der Waals surface area (Å²) in [5, 5.41) is 21.7. The second-order valence-corrected chi connectivity index (χ2v) is 3.85. The van der Waals surface area contributed by atoms with Gasteiger partial charge in [0, 0.05) is 0 Å². The molecule has 3 rings (SSSR count). The Labute approximate surface area is 104 Å². The first-order chi connectivity index (χ1) is 8.86. The molecule has 6 nitrogen and oxygen atoms in total. The van der Waals surface area contributed by atoms with Crippen molar-refractivity contribution in [3.05, 3.63) is 48.5 Å². The van der Waals surface area contributed by atoms with Crippen molar-refractivity contribution in [2.24, 2.45) is 0 Å². The number of fused-ring (bicyclic) bond motifs is 2. The van der Waals surface area contributed by atoms with Gasteiger partial charge in [0.2, 0.25) is 0 Å². The van der Waals surface area contributed by atoms with Gasteiger partial charge in [0.1, 0.15) is 0 Å². The molecule has 1 aliphatic heterocycles. The number of hydrogen-bond acceptors (Lipinski definition) is 6. The van der Waals surface area contributed by atoms with Gasteiger partial charge in [-0.1, -0.05) is 24.3 Å². The van der Waals surface area contributed by atoms with Crippen LogP contribution in [-0.4, -0.2) is 10.4 Å². The minimum Gasteiger partial charge on any atom is -0.297 e. The number of hydrogen-bond donors (Lipinski definition) is 4. The second kappa shape index (κ2) is 4.28. The largest absolute Gasteiger partial charge is 0.297 e. The van der Waals surface area contributed by atoms with Crippen LogP contribution < -0.4 is 21.2 Å². The maximum absolute atomic E-state index is 9.32. The molecule has 6 heteroatoms. The number of nitrogens with zero attached hydrogens (tertiary/aromatic N) is 2. The van der Waals surface area contributed by atoms with Crippen molar-refractivity contribution in [1.82, 2.24) is 11.2 Å². The van der Waals surface area contributed by atoms with Gasteiger partial charge in [-0.25, -0.2) is 10.0 Å². The molecule has 0 aromatic heterocycles. The van der Waals surface area contributed by atoms with E-state index in [2.05, 4.69) is 11.2 Å². The Kier molecular flexibility index (Phi) is 2.62. The number of anilines is 4. The first-order valence-electron chi connectivity index (χ1n) is 5.44. The zero-order chi connectivity index (χ0) is 12.5. The lowest BCUT2D eigenvalue weighted by atomic mass is 10.1. The third kappa shape index (κ3) is 1.45. The topological polar surface area (TPSA) is 71.0 Å². The van der Waals surface area contributed by atoms with Crippen LogP contribution in [0.4, 0.5) is 22.7 Å². The van der Waals surface area contributed by atoms with Crippen LogP contribution in [0.15, 0.2) is 48.5 Å². The zero-order valence-corrected chi connectivity index (χ0v) is 9.41. The highest BCUT2D eigenvalue weighted by Gasteiger charge is 2.27. The van der Waals surface area contributed by atoms with E-state index < -0.39 is 0 Å². The number of para-hydroxylation sites is 4. The molecular weight excluding hydrogens is 232 g/mol. The van der Waals surface area contributed by atoms with Crippen molar-refractivity contribution < 1.29 is 10.4 Å². The zero-order valence-electron chi connectivity index (χ0n) is 9.41. The van der Waals surface area contributed by atoms with Gasteiger partial charge in [0.25, 0.3) is 0 Å². The molecule has 0 saturated carbocycles. The van der Waals surface area contributed by atoms with Crippen molar-refractivity contribution in [2.45, 2.75) is 0 Å². The lowest BCUT2D eigenvalue weighted by Gasteiger charge is -2.37. The quantitative estimate of drug-likeness (QED) is 0.606. The van der Waals surface area contributed by atoms with Gasteiger partial charge in [-0.15, -0.1) is 11.2 Å². The van der Waals surface area contributed by atoms with Gasteiger partial charge in [0.05, 0.1) is 22.7 Å². The highest BCUT2D eigenvalue weighted by Crippen LogP contribution is 2.45. The van der Waals surface area contributed by atoms with E-state index in [1.807, 2.05) is 48.5 Å². The molecule has 1 aliphatic rings. The summed E-state index contributed by atoms with van der Waals surface area (Å²) in [7, 11) is 0. The van der Waals surface area contributed by atoms with E-state index in [0.717, 1.165) is 22.7 Å². The van der Waals surface area contributed by atoms with Crippen LogP contribution in [0.1, 0.15) is 0 Å². The molecule has 0 spiro atoms. The van der Waals surface area contributed by atoms with E-state index in [1.54, 1.807) is 10.0 Å². The Bertz CT molecular complexity index is 478. The van der Waals surface area contributed by atoms with Crippen molar-refractivity contribution >= 4 is 22.7 Å². The van der Waals surface area contributed by atoms with E-state index in [9.17, 15) is 10.4 Å². The summed E-state index contributed by atoms with van der Waals surface area (Å²) in [6.45, 7) is 0. The minimum absolute atomic E-state index is 0.722. The van der Waals surface area contributed by atoms with Crippen molar-refractivity contribution in [2.75, 3.05) is 10.0 Å². The summed E-state index contributed by atoms with van der Waals surface area (Å²) in [4.78, 5) is 0. The normalized spacial score (nSPS) is 13.2. The third-order valence-corrected chi connectivity index (χ3v) is 2.93. The first kappa shape index (κ1) is 11.0. The number of rotatable bonds is 2. The average Bonchev–Trinajstić information content (AvgIpc) is 2.44. The SMILES string of the molecule is ONN1c2ccccc2N(NO)c2ccccc21. The molecule has 0 saturated heterocycles. The van der Waals surface area contributed by atoms with E-state index in [4.69, 9.17) is 0 Å². The van der Waals surface area contributed by atoms with Crippen LogP contribution in [0, 0.1) is 0 Å². The average molecular weight is 244 g/mol.